The molecule has 12 heteroatoms. The van der Waals surface area contributed by atoms with Crippen molar-refractivity contribution in [1.29, 1.82) is 5.41 Å². The molecule has 1 heterocycles. The molecule has 190 valence electrons. The minimum absolute atomic E-state index is 0.0728. The van der Waals surface area contributed by atoms with E-state index in [-0.39, 0.29) is 37.6 Å². The van der Waals surface area contributed by atoms with Gasteiger partial charge in [0.25, 0.3) is 0 Å². The van der Waals surface area contributed by atoms with E-state index in [9.17, 15) is 14.4 Å². The smallest absolute Gasteiger partial charge is 0.407 e. The largest absolute Gasteiger partial charge is 0.444 e. The van der Waals surface area contributed by atoms with Gasteiger partial charge in [-0.1, -0.05) is 45.5 Å². The van der Waals surface area contributed by atoms with E-state index in [4.69, 9.17) is 10.1 Å². The number of allylic oxidation sites excluding steroid dienone is 1. The summed E-state index contributed by atoms with van der Waals surface area (Å²) in [5.41, 5.74) is 1.97. The molecule has 0 fully saturated rings. The van der Waals surface area contributed by atoms with Crippen molar-refractivity contribution in [2.75, 3.05) is 26.7 Å². The lowest BCUT2D eigenvalue weighted by molar-refractivity contribution is -0.123. The van der Waals surface area contributed by atoms with Crippen LogP contribution < -0.4 is 16.0 Å². The van der Waals surface area contributed by atoms with E-state index in [0.717, 1.165) is 21.2 Å². The Bertz CT molecular complexity index is 856. The molecule has 0 saturated carbocycles. The van der Waals surface area contributed by atoms with E-state index in [2.05, 4.69) is 34.8 Å². The van der Waals surface area contributed by atoms with Crippen LogP contribution in [-0.4, -0.2) is 66.2 Å². The Morgan fingerprint density at radius 2 is 1.91 bits per heavy atom. The minimum atomic E-state index is -0.723. The summed E-state index contributed by atoms with van der Waals surface area (Å²) >= 11 is 2.74. The predicted octanol–water partition coefficient (Wildman–Crippen LogP) is 3.52. The highest BCUT2D eigenvalue weighted by molar-refractivity contribution is 8.15. The molecule has 0 bridgehead atoms. The third-order valence-corrected chi connectivity index (χ3v) is 6.58. The first-order valence-corrected chi connectivity index (χ1v) is 12.8. The number of carbonyl (C=O) groups excluding carboxylic acids is 3. The number of amides is 4. The standard InChI is InChI=1S/C22H36N6O4S2/c1-7-17(34-13-23)11-32-22(31)25-9-8-24-19(29)18(14(2)3)27-21(30)28(6)10-16-12-33-20(26-16)15(4)5/h7,12-15,18,23H,8-11H2,1-6H3,(H,24,29)(H,25,31)(H,27,30)/b17-7-,23-13?. The van der Waals surface area contributed by atoms with Crippen LogP contribution in [0.25, 0.3) is 0 Å². The third kappa shape index (κ3) is 10.6. The fraction of sp³-hybridized carbons (Fsp3) is 0.591. The van der Waals surface area contributed by atoms with Crippen LogP contribution in [0.3, 0.4) is 0 Å². The van der Waals surface area contributed by atoms with Gasteiger partial charge in [-0.2, -0.15) is 0 Å². The van der Waals surface area contributed by atoms with Gasteiger partial charge in [-0.05, 0) is 12.8 Å². The topological polar surface area (TPSA) is 137 Å². The van der Waals surface area contributed by atoms with Gasteiger partial charge in [0, 0.05) is 36.3 Å². The van der Waals surface area contributed by atoms with Crippen molar-refractivity contribution in [3.05, 3.63) is 27.1 Å². The van der Waals surface area contributed by atoms with E-state index in [0.29, 0.717) is 12.5 Å². The van der Waals surface area contributed by atoms with Crippen molar-refractivity contribution in [1.82, 2.24) is 25.8 Å². The second-order valence-corrected chi connectivity index (χ2v) is 10.0. The molecule has 4 amide bonds. The van der Waals surface area contributed by atoms with Gasteiger partial charge in [-0.25, -0.2) is 14.6 Å². The highest BCUT2D eigenvalue weighted by Gasteiger charge is 2.25. The van der Waals surface area contributed by atoms with Gasteiger partial charge in [0.1, 0.15) is 12.6 Å². The van der Waals surface area contributed by atoms with Crippen LogP contribution in [0.15, 0.2) is 16.4 Å². The third-order valence-electron chi connectivity index (χ3n) is 4.61. The number of hydrogen-bond donors (Lipinski definition) is 4. The number of carbonyl (C=O) groups is 3. The summed E-state index contributed by atoms with van der Waals surface area (Å²) in [6, 6.07) is -1.09. The van der Waals surface area contributed by atoms with Crippen molar-refractivity contribution in [3.8, 4) is 0 Å². The van der Waals surface area contributed by atoms with Crippen molar-refractivity contribution >= 4 is 46.7 Å². The number of urea groups is 1. The molecule has 0 radical (unpaired) electrons. The highest BCUT2D eigenvalue weighted by Crippen LogP contribution is 2.19. The Labute approximate surface area is 209 Å². The number of hydrogen-bond acceptors (Lipinski definition) is 8. The number of thiazole rings is 1. The Kier molecular flexibility index (Phi) is 13.3. The first kappa shape index (κ1) is 29.4. The molecule has 10 nitrogen and oxygen atoms in total. The molecule has 1 unspecified atom stereocenters. The van der Waals surface area contributed by atoms with Gasteiger partial charge in [-0.3, -0.25) is 4.79 Å². The Hall–Kier alpha value is -2.60. The first-order chi connectivity index (χ1) is 16.1. The van der Waals surface area contributed by atoms with Crippen LogP contribution in [0.1, 0.15) is 51.2 Å². The number of nitrogens with one attached hydrogen (secondary N) is 4. The van der Waals surface area contributed by atoms with Crippen LogP contribution in [-0.2, 0) is 16.1 Å². The van der Waals surface area contributed by atoms with E-state index in [1.165, 1.54) is 16.7 Å². The summed E-state index contributed by atoms with van der Waals surface area (Å²) in [6.45, 7) is 10.4. The maximum absolute atomic E-state index is 12.6. The Morgan fingerprint density at radius 3 is 2.47 bits per heavy atom. The molecule has 0 saturated heterocycles. The summed E-state index contributed by atoms with van der Waals surface area (Å²) in [7, 11) is 1.66. The van der Waals surface area contributed by atoms with Gasteiger partial charge in [0.05, 0.1) is 22.8 Å². The Morgan fingerprint density at radius 1 is 1.24 bits per heavy atom. The van der Waals surface area contributed by atoms with E-state index < -0.39 is 12.1 Å². The average Bonchev–Trinajstić information content (AvgIpc) is 3.26. The average molecular weight is 513 g/mol. The number of aromatic nitrogens is 1. The second-order valence-electron chi connectivity index (χ2n) is 8.14. The SMILES string of the molecule is C/C=C(/COC(=O)NCCNC(=O)C(NC(=O)N(C)Cc1csc(C(C)C)n1)C(C)C)SC=N. The molecule has 1 aromatic heterocycles. The summed E-state index contributed by atoms with van der Waals surface area (Å²) in [5.74, 6) is -0.130. The molecule has 0 aromatic carbocycles. The molecule has 0 aliphatic rings. The van der Waals surface area contributed by atoms with E-state index in [1.807, 2.05) is 19.2 Å². The van der Waals surface area contributed by atoms with Gasteiger partial charge in [-0.15, -0.1) is 11.3 Å². The molecule has 1 atom stereocenters. The second kappa shape index (κ2) is 15.3. The van der Waals surface area contributed by atoms with Crippen LogP contribution >= 0.6 is 23.1 Å². The van der Waals surface area contributed by atoms with Gasteiger partial charge >= 0.3 is 12.1 Å². The summed E-state index contributed by atoms with van der Waals surface area (Å²) < 4.78 is 5.06. The van der Waals surface area contributed by atoms with Crippen LogP contribution in [0, 0.1) is 11.3 Å². The Balaban J connectivity index is 2.45. The monoisotopic (exact) mass is 512 g/mol. The molecular weight excluding hydrogens is 476 g/mol. The number of thioether (sulfide) groups is 1. The minimum Gasteiger partial charge on any atom is -0.444 e. The van der Waals surface area contributed by atoms with Gasteiger partial charge < -0.3 is 31.0 Å². The molecule has 0 aliphatic heterocycles. The maximum atomic E-state index is 12.6. The zero-order chi connectivity index (χ0) is 25.7. The first-order valence-electron chi connectivity index (χ1n) is 11.0. The lowest BCUT2D eigenvalue weighted by Gasteiger charge is -2.25. The predicted molar refractivity (Wildman–Crippen MR) is 137 cm³/mol. The lowest BCUT2D eigenvalue weighted by atomic mass is 10.0. The fourth-order valence-electron chi connectivity index (χ4n) is 2.66. The zero-order valence-corrected chi connectivity index (χ0v) is 22.3. The molecule has 1 rings (SSSR count). The maximum Gasteiger partial charge on any atom is 0.407 e. The number of alkyl carbamates (subject to hydrolysis) is 1. The van der Waals surface area contributed by atoms with Crippen molar-refractivity contribution in [2.45, 2.75) is 53.1 Å². The molecule has 1 aromatic rings. The molecule has 4 N–H and O–H groups in total. The van der Waals surface area contributed by atoms with Crippen LogP contribution in [0.5, 0.6) is 0 Å². The number of ether oxygens (including phenoxy) is 1. The lowest BCUT2D eigenvalue weighted by Crippen LogP contribution is -2.53. The van der Waals surface area contributed by atoms with Crippen LogP contribution in [0.4, 0.5) is 9.59 Å². The summed E-state index contributed by atoms with van der Waals surface area (Å²) in [5, 5.41) is 18.1. The summed E-state index contributed by atoms with van der Waals surface area (Å²) in [4.78, 5) is 43.8. The van der Waals surface area contributed by atoms with Gasteiger partial charge in [0.2, 0.25) is 5.91 Å². The van der Waals surface area contributed by atoms with E-state index in [1.54, 1.807) is 31.4 Å². The normalized spacial score (nSPS) is 12.3. The van der Waals surface area contributed by atoms with Crippen LogP contribution in [0.2, 0.25) is 0 Å². The van der Waals surface area contributed by atoms with Gasteiger partial charge in [0.15, 0.2) is 0 Å². The zero-order valence-electron chi connectivity index (χ0n) is 20.6. The molecular formula is C22H36N6O4S2. The number of rotatable bonds is 13. The fourth-order valence-corrected chi connectivity index (χ4v) is 3.90. The number of nitrogens with zero attached hydrogens (tertiary/aromatic N) is 2. The highest BCUT2D eigenvalue weighted by atomic mass is 32.2. The summed E-state index contributed by atoms with van der Waals surface area (Å²) in [6.07, 6.45) is 1.15. The molecule has 34 heavy (non-hydrogen) atoms. The van der Waals surface area contributed by atoms with Crippen molar-refractivity contribution in [2.24, 2.45) is 5.92 Å². The molecule has 0 aliphatic carbocycles. The van der Waals surface area contributed by atoms with Crippen molar-refractivity contribution in [3.63, 3.8) is 0 Å². The van der Waals surface area contributed by atoms with Crippen molar-refractivity contribution < 1.29 is 19.1 Å². The quantitative estimate of drug-likeness (QED) is 0.181. The molecule has 0 spiro atoms. The van der Waals surface area contributed by atoms with E-state index >= 15 is 0 Å².